The number of carbonyl (C=O) groups is 1. The zero-order valence-corrected chi connectivity index (χ0v) is 14.5. The highest BCUT2D eigenvalue weighted by Gasteiger charge is 2.29. The molecule has 0 saturated carbocycles. The normalized spacial score (nSPS) is 15.3. The van der Waals surface area contributed by atoms with Crippen molar-refractivity contribution in [1.82, 2.24) is 5.32 Å². The molecule has 0 aliphatic carbocycles. The van der Waals surface area contributed by atoms with Crippen LogP contribution in [0.15, 0.2) is 84.9 Å². The van der Waals surface area contributed by atoms with Gasteiger partial charge in [-0.15, -0.1) is 0 Å². The van der Waals surface area contributed by atoms with Crippen molar-refractivity contribution in [3.63, 3.8) is 0 Å². The van der Waals surface area contributed by atoms with E-state index in [0.29, 0.717) is 13.0 Å². The predicted octanol–water partition coefficient (Wildman–Crippen LogP) is 3.94. The van der Waals surface area contributed by atoms with E-state index in [-0.39, 0.29) is 11.8 Å². The van der Waals surface area contributed by atoms with E-state index in [4.69, 9.17) is 4.74 Å². The molecule has 26 heavy (non-hydrogen) atoms. The van der Waals surface area contributed by atoms with Crippen LogP contribution in [-0.2, 0) is 11.2 Å². The summed E-state index contributed by atoms with van der Waals surface area (Å²) in [7, 11) is 0. The Balaban J connectivity index is 1.46. The monoisotopic (exact) mass is 343 g/mol. The third kappa shape index (κ3) is 3.47. The second-order valence-electron chi connectivity index (χ2n) is 6.54. The summed E-state index contributed by atoms with van der Waals surface area (Å²) in [5.41, 5.74) is 3.47. The number of carbonyl (C=O) groups excluding carboxylic acids is 1. The molecule has 0 spiro atoms. The Hall–Kier alpha value is -3.07. The SMILES string of the molecule is O=C(NCC(c1ccccc1)c1ccccc1)[C@H]1Cc2ccccc2O1. The van der Waals surface area contributed by atoms with Gasteiger partial charge in [-0.2, -0.15) is 0 Å². The van der Waals surface area contributed by atoms with E-state index < -0.39 is 6.10 Å². The molecule has 0 saturated heterocycles. The molecular weight excluding hydrogens is 322 g/mol. The summed E-state index contributed by atoms with van der Waals surface area (Å²) in [6.07, 6.45) is 0.184. The Kier molecular flexibility index (Phi) is 4.69. The van der Waals surface area contributed by atoms with Gasteiger partial charge in [0, 0.05) is 18.9 Å². The van der Waals surface area contributed by atoms with Crippen molar-refractivity contribution in [1.29, 1.82) is 0 Å². The third-order valence-electron chi connectivity index (χ3n) is 4.82. The van der Waals surface area contributed by atoms with Crippen molar-refractivity contribution in [2.45, 2.75) is 18.4 Å². The van der Waals surface area contributed by atoms with Crippen molar-refractivity contribution < 1.29 is 9.53 Å². The third-order valence-corrected chi connectivity index (χ3v) is 4.82. The summed E-state index contributed by atoms with van der Waals surface area (Å²) < 4.78 is 5.80. The molecule has 4 rings (SSSR count). The van der Waals surface area contributed by atoms with Crippen molar-refractivity contribution in [3.05, 3.63) is 102 Å². The summed E-state index contributed by atoms with van der Waals surface area (Å²) >= 11 is 0. The second kappa shape index (κ2) is 7.44. The van der Waals surface area contributed by atoms with Crippen LogP contribution in [0.5, 0.6) is 5.75 Å². The molecule has 3 aromatic rings. The molecule has 1 heterocycles. The van der Waals surface area contributed by atoms with Crippen LogP contribution < -0.4 is 10.1 Å². The Bertz CT molecular complexity index is 812. The Morgan fingerprint density at radius 2 is 1.46 bits per heavy atom. The Morgan fingerprint density at radius 3 is 2.08 bits per heavy atom. The molecule has 0 radical (unpaired) electrons. The van der Waals surface area contributed by atoms with Crippen molar-refractivity contribution in [2.24, 2.45) is 0 Å². The van der Waals surface area contributed by atoms with Crippen LogP contribution in [-0.4, -0.2) is 18.6 Å². The van der Waals surface area contributed by atoms with Crippen LogP contribution in [0.1, 0.15) is 22.6 Å². The summed E-state index contributed by atoms with van der Waals surface area (Å²) in [5.74, 6) is 0.874. The van der Waals surface area contributed by atoms with Gasteiger partial charge in [-0.1, -0.05) is 78.9 Å². The van der Waals surface area contributed by atoms with Crippen LogP contribution in [0, 0.1) is 0 Å². The fourth-order valence-electron chi connectivity index (χ4n) is 3.44. The van der Waals surface area contributed by atoms with Crippen LogP contribution in [0.25, 0.3) is 0 Å². The number of para-hydroxylation sites is 1. The first-order valence-electron chi connectivity index (χ1n) is 8.93. The molecule has 3 aromatic carbocycles. The van der Waals surface area contributed by atoms with E-state index in [1.807, 2.05) is 60.7 Å². The van der Waals surface area contributed by atoms with E-state index in [0.717, 1.165) is 11.3 Å². The lowest BCUT2D eigenvalue weighted by Gasteiger charge is -2.20. The first kappa shape index (κ1) is 16.4. The number of ether oxygens (including phenoxy) is 1. The van der Waals surface area contributed by atoms with Gasteiger partial charge >= 0.3 is 0 Å². The molecule has 1 aliphatic heterocycles. The van der Waals surface area contributed by atoms with Gasteiger partial charge in [0.05, 0.1) is 0 Å². The fraction of sp³-hybridized carbons (Fsp3) is 0.174. The standard InChI is InChI=1S/C23H21NO2/c25-23(22-15-19-13-7-8-14-21(19)26-22)24-16-20(17-9-3-1-4-10-17)18-11-5-2-6-12-18/h1-14,20,22H,15-16H2,(H,24,25)/t22-/m1/s1. The minimum Gasteiger partial charge on any atom is -0.480 e. The van der Waals surface area contributed by atoms with Gasteiger partial charge < -0.3 is 10.1 Å². The summed E-state index contributed by atoms with van der Waals surface area (Å²) in [6.45, 7) is 0.545. The van der Waals surface area contributed by atoms with Gasteiger partial charge in [-0.05, 0) is 22.8 Å². The first-order valence-corrected chi connectivity index (χ1v) is 8.93. The van der Waals surface area contributed by atoms with Crippen molar-refractivity contribution in [2.75, 3.05) is 6.54 Å². The molecule has 1 aliphatic rings. The van der Waals surface area contributed by atoms with Crippen LogP contribution in [0.4, 0.5) is 0 Å². The average Bonchev–Trinajstić information content (AvgIpc) is 3.14. The molecule has 0 unspecified atom stereocenters. The lowest BCUT2D eigenvalue weighted by Crippen LogP contribution is -2.39. The fourth-order valence-corrected chi connectivity index (χ4v) is 3.44. The number of hydrogen-bond acceptors (Lipinski definition) is 2. The molecule has 3 heteroatoms. The molecule has 1 atom stereocenters. The molecule has 0 bridgehead atoms. The number of nitrogens with one attached hydrogen (secondary N) is 1. The van der Waals surface area contributed by atoms with E-state index >= 15 is 0 Å². The molecule has 1 N–H and O–H groups in total. The zero-order valence-electron chi connectivity index (χ0n) is 14.5. The smallest absolute Gasteiger partial charge is 0.261 e. The van der Waals surface area contributed by atoms with Crippen LogP contribution in [0.3, 0.4) is 0 Å². The van der Waals surface area contributed by atoms with Gasteiger partial charge in [0.25, 0.3) is 5.91 Å². The second-order valence-corrected chi connectivity index (χ2v) is 6.54. The lowest BCUT2D eigenvalue weighted by molar-refractivity contribution is -0.127. The summed E-state index contributed by atoms with van der Waals surface area (Å²) in [4.78, 5) is 12.6. The largest absolute Gasteiger partial charge is 0.480 e. The summed E-state index contributed by atoms with van der Waals surface area (Å²) in [5, 5.41) is 3.09. The number of benzene rings is 3. The van der Waals surface area contributed by atoms with E-state index in [2.05, 4.69) is 29.6 Å². The van der Waals surface area contributed by atoms with Crippen molar-refractivity contribution >= 4 is 5.91 Å². The van der Waals surface area contributed by atoms with Crippen LogP contribution >= 0.6 is 0 Å². The van der Waals surface area contributed by atoms with Crippen LogP contribution in [0.2, 0.25) is 0 Å². The molecule has 0 aromatic heterocycles. The highest BCUT2D eigenvalue weighted by molar-refractivity contribution is 5.82. The Morgan fingerprint density at radius 1 is 0.885 bits per heavy atom. The first-order chi connectivity index (χ1) is 12.8. The molecule has 0 fully saturated rings. The molecular formula is C23H21NO2. The maximum Gasteiger partial charge on any atom is 0.261 e. The van der Waals surface area contributed by atoms with Gasteiger partial charge in [-0.25, -0.2) is 0 Å². The van der Waals surface area contributed by atoms with Crippen molar-refractivity contribution in [3.8, 4) is 5.75 Å². The summed E-state index contributed by atoms with van der Waals surface area (Å²) in [6, 6.07) is 28.4. The van der Waals surface area contributed by atoms with E-state index in [9.17, 15) is 4.79 Å². The maximum atomic E-state index is 12.6. The number of rotatable bonds is 5. The number of fused-ring (bicyclic) bond motifs is 1. The minimum atomic E-state index is -0.445. The minimum absolute atomic E-state index is 0.0573. The highest BCUT2D eigenvalue weighted by atomic mass is 16.5. The predicted molar refractivity (Wildman–Crippen MR) is 102 cm³/mol. The lowest BCUT2D eigenvalue weighted by atomic mass is 9.91. The zero-order chi connectivity index (χ0) is 17.8. The highest BCUT2D eigenvalue weighted by Crippen LogP contribution is 2.28. The molecule has 3 nitrogen and oxygen atoms in total. The van der Waals surface area contributed by atoms with E-state index in [1.165, 1.54) is 11.1 Å². The quantitative estimate of drug-likeness (QED) is 0.762. The molecule has 130 valence electrons. The van der Waals surface area contributed by atoms with Gasteiger partial charge in [0.2, 0.25) is 0 Å². The number of hydrogen-bond donors (Lipinski definition) is 1. The van der Waals surface area contributed by atoms with E-state index in [1.54, 1.807) is 0 Å². The van der Waals surface area contributed by atoms with Gasteiger partial charge in [0.15, 0.2) is 6.10 Å². The average molecular weight is 343 g/mol. The van der Waals surface area contributed by atoms with Gasteiger partial charge in [0.1, 0.15) is 5.75 Å². The molecule has 1 amide bonds. The number of amides is 1. The maximum absolute atomic E-state index is 12.6. The Labute approximate surface area is 153 Å². The topological polar surface area (TPSA) is 38.3 Å². The van der Waals surface area contributed by atoms with Gasteiger partial charge in [-0.3, -0.25) is 4.79 Å².